The molecule has 2 aromatic rings. The fourth-order valence-corrected chi connectivity index (χ4v) is 2.08. The normalized spacial score (nSPS) is 10.7. The molecule has 0 radical (unpaired) electrons. The van der Waals surface area contributed by atoms with Crippen molar-refractivity contribution in [2.24, 2.45) is 0 Å². The number of hydrogen-bond donors (Lipinski definition) is 1. The van der Waals surface area contributed by atoms with Gasteiger partial charge in [0.2, 0.25) is 0 Å². The fraction of sp³-hybridized carbons (Fsp3) is 0.316. The van der Waals surface area contributed by atoms with Gasteiger partial charge in [-0.05, 0) is 70.2 Å². The van der Waals surface area contributed by atoms with Crippen LogP contribution < -0.4 is 14.8 Å². The summed E-state index contributed by atoms with van der Waals surface area (Å²) in [5.74, 6) is 1.30. The summed E-state index contributed by atoms with van der Waals surface area (Å²) in [6, 6.07) is 14.5. The largest absolute Gasteiger partial charge is 0.491 e. The number of carbonyl (C=O) groups excluding carboxylic acids is 1. The monoisotopic (exact) mass is 313 g/mol. The zero-order chi connectivity index (χ0) is 16.8. The van der Waals surface area contributed by atoms with Gasteiger partial charge in [0.15, 0.2) is 0 Å². The molecule has 1 N–H and O–H groups in total. The van der Waals surface area contributed by atoms with E-state index in [-0.39, 0.29) is 18.1 Å². The van der Waals surface area contributed by atoms with Crippen LogP contribution in [-0.2, 0) is 0 Å². The Kier molecular flexibility index (Phi) is 5.63. The molecule has 0 spiro atoms. The highest BCUT2D eigenvalue weighted by Crippen LogP contribution is 2.19. The van der Waals surface area contributed by atoms with E-state index in [1.807, 2.05) is 64.1 Å². The summed E-state index contributed by atoms with van der Waals surface area (Å²) >= 11 is 0. The first kappa shape index (κ1) is 16.9. The zero-order valence-electron chi connectivity index (χ0n) is 14.0. The van der Waals surface area contributed by atoms with Gasteiger partial charge in [-0.2, -0.15) is 0 Å². The first-order chi connectivity index (χ1) is 10.9. The molecule has 0 unspecified atom stereocenters. The number of rotatable bonds is 6. The third-order valence-corrected chi connectivity index (χ3v) is 2.95. The lowest BCUT2D eigenvalue weighted by Crippen LogP contribution is -2.13. The lowest BCUT2D eigenvalue weighted by Gasteiger charge is -2.12. The minimum atomic E-state index is -0.170. The first-order valence-electron chi connectivity index (χ1n) is 7.79. The number of benzene rings is 2. The molecule has 4 nitrogen and oxygen atoms in total. The Morgan fingerprint density at radius 1 is 0.870 bits per heavy atom. The van der Waals surface area contributed by atoms with Crippen molar-refractivity contribution in [3.05, 3.63) is 54.1 Å². The molecular formula is C19H23NO3. The van der Waals surface area contributed by atoms with Crippen molar-refractivity contribution in [2.45, 2.75) is 39.9 Å². The van der Waals surface area contributed by atoms with Gasteiger partial charge in [0.25, 0.3) is 5.91 Å². The second-order valence-electron chi connectivity index (χ2n) is 5.84. The van der Waals surface area contributed by atoms with Gasteiger partial charge in [-0.1, -0.05) is 6.07 Å². The summed E-state index contributed by atoms with van der Waals surface area (Å²) in [7, 11) is 0. The van der Waals surface area contributed by atoms with E-state index in [9.17, 15) is 4.79 Å². The van der Waals surface area contributed by atoms with E-state index < -0.39 is 0 Å². The van der Waals surface area contributed by atoms with Crippen molar-refractivity contribution < 1.29 is 14.3 Å². The van der Waals surface area contributed by atoms with Crippen LogP contribution in [0, 0.1) is 0 Å². The summed E-state index contributed by atoms with van der Waals surface area (Å²) < 4.78 is 11.2. The number of ether oxygens (including phenoxy) is 2. The third kappa shape index (κ3) is 5.33. The topological polar surface area (TPSA) is 47.6 Å². The van der Waals surface area contributed by atoms with Gasteiger partial charge in [-0.15, -0.1) is 0 Å². The standard InChI is InChI=1S/C19H23NO3/c1-13(2)22-17-10-8-16(9-11-17)20-19(21)15-6-5-7-18(12-15)23-14(3)4/h5-14H,1-4H3,(H,20,21). The highest BCUT2D eigenvalue weighted by Gasteiger charge is 2.08. The number of amides is 1. The molecule has 0 heterocycles. The van der Waals surface area contributed by atoms with Crippen LogP contribution in [0.3, 0.4) is 0 Å². The number of nitrogens with one attached hydrogen (secondary N) is 1. The van der Waals surface area contributed by atoms with Crippen LogP contribution in [-0.4, -0.2) is 18.1 Å². The van der Waals surface area contributed by atoms with Crippen molar-refractivity contribution >= 4 is 11.6 Å². The average molecular weight is 313 g/mol. The molecule has 4 heteroatoms. The van der Waals surface area contributed by atoms with Gasteiger partial charge in [0, 0.05) is 11.3 Å². The van der Waals surface area contributed by atoms with Crippen molar-refractivity contribution in [1.82, 2.24) is 0 Å². The molecule has 2 aromatic carbocycles. The summed E-state index contributed by atoms with van der Waals surface area (Å²) in [5, 5.41) is 2.87. The van der Waals surface area contributed by atoms with E-state index in [0.717, 1.165) is 11.4 Å². The second kappa shape index (κ2) is 7.68. The predicted molar refractivity (Wildman–Crippen MR) is 92.4 cm³/mol. The molecule has 0 aromatic heterocycles. The Labute approximate surface area is 137 Å². The summed E-state index contributed by atoms with van der Waals surface area (Å²) in [6.07, 6.45) is 0.195. The third-order valence-electron chi connectivity index (χ3n) is 2.95. The van der Waals surface area contributed by atoms with Crippen molar-refractivity contribution in [3.63, 3.8) is 0 Å². The Balaban J connectivity index is 2.04. The molecular weight excluding hydrogens is 290 g/mol. The maximum absolute atomic E-state index is 12.3. The van der Waals surface area contributed by atoms with E-state index in [2.05, 4.69) is 5.32 Å². The summed E-state index contributed by atoms with van der Waals surface area (Å²) in [5.41, 5.74) is 1.28. The van der Waals surface area contributed by atoms with E-state index in [1.54, 1.807) is 12.1 Å². The molecule has 2 rings (SSSR count). The SMILES string of the molecule is CC(C)Oc1ccc(NC(=O)c2cccc(OC(C)C)c2)cc1. The highest BCUT2D eigenvalue weighted by molar-refractivity contribution is 6.04. The Morgan fingerprint density at radius 2 is 1.48 bits per heavy atom. The summed E-state index contributed by atoms with van der Waals surface area (Å²) in [4.78, 5) is 12.3. The molecule has 0 saturated heterocycles. The molecule has 0 aliphatic rings. The van der Waals surface area contributed by atoms with Crippen LogP contribution in [0.4, 0.5) is 5.69 Å². The zero-order valence-corrected chi connectivity index (χ0v) is 14.0. The van der Waals surface area contributed by atoms with Crippen molar-refractivity contribution in [1.29, 1.82) is 0 Å². The molecule has 0 fully saturated rings. The first-order valence-corrected chi connectivity index (χ1v) is 7.79. The highest BCUT2D eigenvalue weighted by atomic mass is 16.5. The lowest BCUT2D eigenvalue weighted by molar-refractivity contribution is 0.102. The number of anilines is 1. The maximum Gasteiger partial charge on any atom is 0.255 e. The average Bonchev–Trinajstić information content (AvgIpc) is 2.48. The summed E-state index contributed by atoms with van der Waals surface area (Å²) in [6.45, 7) is 7.85. The Morgan fingerprint density at radius 3 is 2.09 bits per heavy atom. The van der Waals surface area contributed by atoms with Gasteiger partial charge in [0.05, 0.1) is 12.2 Å². The maximum atomic E-state index is 12.3. The quantitative estimate of drug-likeness (QED) is 0.853. The Hall–Kier alpha value is -2.49. The van der Waals surface area contributed by atoms with Gasteiger partial charge in [-0.25, -0.2) is 0 Å². The van der Waals surface area contributed by atoms with E-state index >= 15 is 0 Å². The van der Waals surface area contributed by atoms with Gasteiger partial charge in [-0.3, -0.25) is 4.79 Å². The molecule has 122 valence electrons. The van der Waals surface area contributed by atoms with Gasteiger partial charge < -0.3 is 14.8 Å². The molecule has 0 aliphatic carbocycles. The van der Waals surface area contributed by atoms with Crippen LogP contribution in [0.1, 0.15) is 38.1 Å². The van der Waals surface area contributed by atoms with E-state index in [4.69, 9.17) is 9.47 Å². The number of hydrogen-bond acceptors (Lipinski definition) is 3. The molecule has 0 aliphatic heterocycles. The number of carbonyl (C=O) groups is 1. The lowest BCUT2D eigenvalue weighted by atomic mass is 10.2. The smallest absolute Gasteiger partial charge is 0.255 e. The van der Waals surface area contributed by atoms with Gasteiger partial charge >= 0.3 is 0 Å². The molecule has 0 saturated carbocycles. The molecule has 0 atom stereocenters. The molecule has 0 bridgehead atoms. The van der Waals surface area contributed by atoms with Gasteiger partial charge in [0.1, 0.15) is 11.5 Å². The van der Waals surface area contributed by atoms with Crippen molar-refractivity contribution in [2.75, 3.05) is 5.32 Å². The fourth-order valence-electron chi connectivity index (χ4n) is 2.08. The molecule has 1 amide bonds. The van der Waals surface area contributed by atoms with Crippen LogP contribution in [0.15, 0.2) is 48.5 Å². The van der Waals surface area contributed by atoms with Crippen LogP contribution in [0.25, 0.3) is 0 Å². The second-order valence-corrected chi connectivity index (χ2v) is 5.84. The minimum absolute atomic E-state index is 0.0711. The van der Waals surface area contributed by atoms with E-state index in [1.165, 1.54) is 0 Å². The van der Waals surface area contributed by atoms with Crippen LogP contribution in [0.5, 0.6) is 11.5 Å². The van der Waals surface area contributed by atoms with E-state index in [0.29, 0.717) is 11.3 Å². The molecule has 23 heavy (non-hydrogen) atoms. The predicted octanol–water partition coefficient (Wildman–Crippen LogP) is 4.51. The Bertz CT molecular complexity index is 648. The van der Waals surface area contributed by atoms with Crippen LogP contribution in [0.2, 0.25) is 0 Å². The van der Waals surface area contributed by atoms with Crippen LogP contribution >= 0.6 is 0 Å². The van der Waals surface area contributed by atoms with Crippen molar-refractivity contribution in [3.8, 4) is 11.5 Å². The minimum Gasteiger partial charge on any atom is -0.491 e.